The van der Waals surface area contributed by atoms with E-state index in [1.165, 1.54) is 0 Å². The number of hydrogen-bond donors (Lipinski definition) is 1. The first kappa shape index (κ1) is 11.6. The molecule has 0 aliphatic carbocycles. The summed E-state index contributed by atoms with van der Waals surface area (Å²) < 4.78 is 5.26. The Morgan fingerprint density at radius 2 is 1.94 bits per heavy atom. The summed E-state index contributed by atoms with van der Waals surface area (Å²) in [5.74, 6) is 1.91. The van der Waals surface area contributed by atoms with E-state index in [0.717, 1.165) is 17.0 Å². The van der Waals surface area contributed by atoms with Gasteiger partial charge in [-0.3, -0.25) is 0 Å². The number of nitrogens with two attached hydrogens (primary N) is 1. The van der Waals surface area contributed by atoms with Crippen molar-refractivity contribution in [2.45, 2.75) is 33.1 Å². The van der Waals surface area contributed by atoms with E-state index >= 15 is 0 Å². The highest BCUT2D eigenvalue weighted by molar-refractivity contribution is 5.59. The van der Waals surface area contributed by atoms with Crippen molar-refractivity contribution in [3.63, 3.8) is 0 Å². The predicted molar refractivity (Wildman–Crippen MR) is 67.6 cm³/mol. The van der Waals surface area contributed by atoms with Gasteiger partial charge < -0.3 is 10.2 Å². The summed E-state index contributed by atoms with van der Waals surface area (Å²) in [6.07, 6.45) is 1.63. The van der Waals surface area contributed by atoms with Crippen LogP contribution in [0.15, 0.2) is 22.8 Å². The second kappa shape index (κ2) is 3.87. The fraction of sp³-hybridized carbons (Fsp3) is 0.385. The zero-order valence-corrected chi connectivity index (χ0v) is 10.6. The van der Waals surface area contributed by atoms with E-state index < -0.39 is 0 Å². The first-order chi connectivity index (χ1) is 7.88. The first-order valence-corrected chi connectivity index (χ1v) is 5.57. The fourth-order valence-corrected chi connectivity index (χ4v) is 1.59. The summed E-state index contributed by atoms with van der Waals surface area (Å²) in [6, 6.07) is 3.68. The molecule has 17 heavy (non-hydrogen) atoms. The summed E-state index contributed by atoms with van der Waals surface area (Å²) in [4.78, 5) is 8.81. The third kappa shape index (κ3) is 2.30. The topological polar surface area (TPSA) is 64.9 Å². The van der Waals surface area contributed by atoms with Gasteiger partial charge in [0.25, 0.3) is 0 Å². The Morgan fingerprint density at radius 3 is 2.47 bits per heavy atom. The van der Waals surface area contributed by atoms with Gasteiger partial charge in [-0.05, 0) is 13.0 Å². The number of furan rings is 1. The molecule has 0 spiro atoms. The number of nitrogen functional groups attached to an aromatic ring is 1. The van der Waals surface area contributed by atoms with E-state index in [1.54, 1.807) is 6.26 Å². The molecule has 4 nitrogen and oxygen atoms in total. The van der Waals surface area contributed by atoms with E-state index in [9.17, 15) is 0 Å². The Bertz CT molecular complexity index is 538. The predicted octanol–water partition coefficient (Wildman–Crippen LogP) is 2.92. The first-order valence-electron chi connectivity index (χ1n) is 5.57. The lowest BCUT2D eigenvalue weighted by molar-refractivity contribution is 0.534. The van der Waals surface area contributed by atoms with E-state index in [4.69, 9.17) is 10.2 Å². The fourth-order valence-electron chi connectivity index (χ4n) is 1.59. The molecule has 2 aromatic heterocycles. The van der Waals surface area contributed by atoms with Crippen LogP contribution in [0.25, 0.3) is 11.4 Å². The Hall–Kier alpha value is -1.84. The monoisotopic (exact) mass is 231 g/mol. The molecule has 0 fully saturated rings. The van der Waals surface area contributed by atoms with Gasteiger partial charge in [0.1, 0.15) is 11.6 Å². The lowest BCUT2D eigenvalue weighted by atomic mass is 9.92. The summed E-state index contributed by atoms with van der Waals surface area (Å²) >= 11 is 0. The van der Waals surface area contributed by atoms with Crippen molar-refractivity contribution in [1.29, 1.82) is 0 Å². The lowest BCUT2D eigenvalue weighted by Crippen LogP contribution is -2.15. The van der Waals surface area contributed by atoms with Crippen molar-refractivity contribution in [2.24, 2.45) is 0 Å². The zero-order chi connectivity index (χ0) is 12.6. The maximum atomic E-state index is 5.83. The minimum absolute atomic E-state index is 0.0521. The Kier molecular flexibility index (Phi) is 2.65. The van der Waals surface area contributed by atoms with E-state index in [2.05, 4.69) is 30.7 Å². The van der Waals surface area contributed by atoms with Crippen LogP contribution < -0.4 is 5.73 Å². The number of aryl methyl sites for hydroxylation is 1. The average Bonchev–Trinajstić information content (AvgIpc) is 2.62. The van der Waals surface area contributed by atoms with Crippen molar-refractivity contribution in [3.8, 4) is 11.4 Å². The molecule has 4 heteroatoms. The minimum atomic E-state index is -0.0521. The van der Waals surface area contributed by atoms with Gasteiger partial charge in [0.05, 0.1) is 17.5 Å². The maximum Gasteiger partial charge on any atom is 0.165 e. The van der Waals surface area contributed by atoms with Crippen LogP contribution in [-0.2, 0) is 5.41 Å². The summed E-state index contributed by atoms with van der Waals surface area (Å²) in [7, 11) is 0. The summed E-state index contributed by atoms with van der Waals surface area (Å²) in [5.41, 5.74) is 7.60. The van der Waals surface area contributed by atoms with E-state index in [0.29, 0.717) is 11.6 Å². The molecule has 0 unspecified atom stereocenters. The van der Waals surface area contributed by atoms with Crippen LogP contribution >= 0.6 is 0 Å². The number of anilines is 1. The summed E-state index contributed by atoms with van der Waals surface area (Å²) in [5, 5.41) is 0. The van der Waals surface area contributed by atoms with Gasteiger partial charge in [0, 0.05) is 11.5 Å². The molecule has 2 rings (SSSR count). The maximum absolute atomic E-state index is 5.83. The van der Waals surface area contributed by atoms with Crippen LogP contribution in [0.5, 0.6) is 0 Å². The third-order valence-electron chi connectivity index (χ3n) is 2.61. The normalized spacial score (nSPS) is 11.8. The van der Waals surface area contributed by atoms with Gasteiger partial charge in [-0.2, -0.15) is 0 Å². The van der Waals surface area contributed by atoms with Gasteiger partial charge in [-0.25, -0.2) is 9.97 Å². The molecule has 2 aromatic rings. The van der Waals surface area contributed by atoms with Gasteiger partial charge in [-0.1, -0.05) is 20.8 Å². The molecule has 0 atom stereocenters. The second-order valence-electron chi connectivity index (χ2n) is 5.14. The van der Waals surface area contributed by atoms with Crippen LogP contribution in [0.3, 0.4) is 0 Å². The molecule has 2 N–H and O–H groups in total. The van der Waals surface area contributed by atoms with Gasteiger partial charge in [-0.15, -0.1) is 0 Å². The molecule has 0 bridgehead atoms. The quantitative estimate of drug-likeness (QED) is 0.819. The van der Waals surface area contributed by atoms with Gasteiger partial charge in [0.2, 0.25) is 0 Å². The highest BCUT2D eigenvalue weighted by Gasteiger charge is 2.18. The van der Waals surface area contributed by atoms with Crippen molar-refractivity contribution in [2.75, 3.05) is 5.73 Å². The number of hydrogen-bond acceptors (Lipinski definition) is 4. The van der Waals surface area contributed by atoms with E-state index in [-0.39, 0.29) is 5.41 Å². The van der Waals surface area contributed by atoms with Gasteiger partial charge >= 0.3 is 0 Å². The molecule has 0 saturated carbocycles. The highest BCUT2D eigenvalue weighted by Crippen LogP contribution is 2.26. The third-order valence-corrected chi connectivity index (χ3v) is 2.61. The van der Waals surface area contributed by atoms with Crippen molar-refractivity contribution in [1.82, 2.24) is 9.97 Å². The number of aromatic nitrogens is 2. The number of rotatable bonds is 1. The van der Waals surface area contributed by atoms with Crippen LogP contribution in [0, 0.1) is 6.92 Å². The Labute approximate surface area is 101 Å². The summed E-state index contributed by atoms with van der Waals surface area (Å²) in [6.45, 7) is 8.18. The smallest absolute Gasteiger partial charge is 0.165 e. The molecule has 0 aliphatic heterocycles. The lowest BCUT2D eigenvalue weighted by Gasteiger charge is -2.18. The standard InChI is InChI=1S/C13H17N3O/c1-8-9(5-6-17-8)12-15-10(13(2,3)4)7-11(14)16-12/h5-7H,1-4H3,(H2,14,15,16). The van der Waals surface area contributed by atoms with Crippen molar-refractivity contribution >= 4 is 5.82 Å². The van der Waals surface area contributed by atoms with Crippen LogP contribution in [0.4, 0.5) is 5.82 Å². The van der Waals surface area contributed by atoms with Crippen molar-refractivity contribution in [3.05, 3.63) is 29.9 Å². The van der Waals surface area contributed by atoms with Crippen LogP contribution in [0.2, 0.25) is 0 Å². The largest absolute Gasteiger partial charge is 0.469 e. The zero-order valence-electron chi connectivity index (χ0n) is 10.6. The number of nitrogens with zero attached hydrogens (tertiary/aromatic N) is 2. The van der Waals surface area contributed by atoms with Crippen LogP contribution in [0.1, 0.15) is 32.2 Å². The molecular formula is C13H17N3O. The molecule has 2 heterocycles. The molecule has 90 valence electrons. The molecule has 0 radical (unpaired) electrons. The van der Waals surface area contributed by atoms with Gasteiger partial charge in [0.15, 0.2) is 5.82 Å². The second-order valence-corrected chi connectivity index (χ2v) is 5.14. The SMILES string of the molecule is Cc1occc1-c1nc(N)cc(C(C)(C)C)n1. The molecule has 0 aliphatic rings. The Morgan fingerprint density at radius 1 is 1.24 bits per heavy atom. The van der Waals surface area contributed by atoms with Crippen molar-refractivity contribution < 1.29 is 4.42 Å². The molecule has 0 amide bonds. The Balaban J connectivity index is 2.57. The minimum Gasteiger partial charge on any atom is -0.469 e. The average molecular weight is 231 g/mol. The molecular weight excluding hydrogens is 214 g/mol. The van der Waals surface area contributed by atoms with E-state index in [1.807, 2.05) is 19.1 Å². The molecule has 0 aromatic carbocycles. The highest BCUT2D eigenvalue weighted by atomic mass is 16.3. The van der Waals surface area contributed by atoms with Crippen LogP contribution in [-0.4, -0.2) is 9.97 Å². The molecule has 0 saturated heterocycles.